The summed E-state index contributed by atoms with van der Waals surface area (Å²) in [5.41, 5.74) is 0. The summed E-state index contributed by atoms with van der Waals surface area (Å²) in [4.78, 5) is 12.9. The van der Waals surface area contributed by atoms with Gasteiger partial charge in [0, 0.05) is 11.6 Å². The highest BCUT2D eigenvalue weighted by Gasteiger charge is 2.52. The molecule has 0 aromatic heterocycles. The number of benzene rings is 1. The number of hydrogen-bond donors (Lipinski definition) is 1. The molecule has 0 heterocycles. The number of hydrogen-bond acceptors (Lipinski definition) is 3. The number of amides is 1. The molecular formula is C16H20ClNO3S. The van der Waals surface area contributed by atoms with Crippen molar-refractivity contribution in [1.29, 1.82) is 0 Å². The molecule has 22 heavy (non-hydrogen) atoms. The van der Waals surface area contributed by atoms with Crippen molar-refractivity contribution in [2.75, 3.05) is 6.54 Å². The summed E-state index contributed by atoms with van der Waals surface area (Å²) in [7, 11) is -3.71. The van der Waals surface area contributed by atoms with Gasteiger partial charge in [-0.05, 0) is 55.9 Å². The van der Waals surface area contributed by atoms with Gasteiger partial charge in [0.1, 0.15) is 0 Å². The van der Waals surface area contributed by atoms with E-state index in [4.69, 9.17) is 11.6 Å². The van der Waals surface area contributed by atoms with E-state index in [1.165, 1.54) is 12.1 Å². The Kier molecular flexibility index (Phi) is 4.21. The molecule has 0 bridgehead atoms. The third-order valence-electron chi connectivity index (χ3n) is 4.71. The molecule has 2 aliphatic rings. The third-order valence-corrected chi connectivity index (χ3v) is 7.48. The molecule has 1 amide bonds. The maximum Gasteiger partial charge on any atom is 0.241 e. The first-order valence-corrected chi connectivity index (χ1v) is 9.60. The Morgan fingerprint density at radius 1 is 1.18 bits per heavy atom. The number of carbonyl (C=O) groups excluding carboxylic acids is 1. The van der Waals surface area contributed by atoms with E-state index in [1.54, 1.807) is 12.1 Å². The molecule has 120 valence electrons. The van der Waals surface area contributed by atoms with Crippen LogP contribution in [0.15, 0.2) is 29.2 Å². The molecule has 0 radical (unpaired) electrons. The van der Waals surface area contributed by atoms with Crippen LogP contribution in [0.5, 0.6) is 0 Å². The summed E-state index contributed by atoms with van der Waals surface area (Å²) in [6.45, 7) is 0.594. The van der Waals surface area contributed by atoms with Crippen molar-refractivity contribution in [3.05, 3.63) is 29.3 Å². The van der Waals surface area contributed by atoms with Gasteiger partial charge < -0.3 is 5.32 Å². The molecule has 0 unspecified atom stereocenters. The van der Waals surface area contributed by atoms with Crippen LogP contribution in [-0.4, -0.2) is 25.6 Å². The average molecular weight is 342 g/mol. The number of carbonyl (C=O) groups is 1. The lowest BCUT2D eigenvalue weighted by Crippen LogP contribution is -2.51. The fourth-order valence-corrected chi connectivity index (χ4v) is 5.34. The normalized spacial score (nSPS) is 20.8. The van der Waals surface area contributed by atoms with Gasteiger partial charge in [0.25, 0.3) is 0 Å². The molecule has 2 aliphatic carbocycles. The summed E-state index contributed by atoms with van der Waals surface area (Å²) < 4.78 is 24.8. The molecule has 2 fully saturated rings. The molecule has 4 nitrogen and oxygen atoms in total. The van der Waals surface area contributed by atoms with E-state index in [1.807, 2.05) is 0 Å². The largest absolute Gasteiger partial charge is 0.354 e. The van der Waals surface area contributed by atoms with Crippen molar-refractivity contribution in [2.24, 2.45) is 5.92 Å². The van der Waals surface area contributed by atoms with Crippen LogP contribution in [-0.2, 0) is 14.6 Å². The van der Waals surface area contributed by atoms with E-state index in [9.17, 15) is 13.2 Å². The SMILES string of the molecule is O=C(NCC1CC1)C1(S(=O)(=O)c2ccc(Cl)cc2)CCCC1. The zero-order chi connectivity index (χ0) is 15.8. The number of nitrogens with one attached hydrogen (secondary N) is 1. The van der Waals surface area contributed by atoms with Crippen molar-refractivity contribution in [2.45, 2.75) is 48.2 Å². The van der Waals surface area contributed by atoms with E-state index in [0.717, 1.165) is 25.7 Å². The number of sulfone groups is 1. The van der Waals surface area contributed by atoms with Crippen molar-refractivity contribution < 1.29 is 13.2 Å². The van der Waals surface area contributed by atoms with Gasteiger partial charge in [-0.15, -0.1) is 0 Å². The molecule has 0 atom stereocenters. The van der Waals surface area contributed by atoms with E-state index >= 15 is 0 Å². The van der Waals surface area contributed by atoms with Crippen LogP contribution in [0.25, 0.3) is 0 Å². The lowest BCUT2D eigenvalue weighted by atomic mass is 10.1. The monoisotopic (exact) mass is 341 g/mol. The highest BCUT2D eigenvalue weighted by atomic mass is 35.5. The van der Waals surface area contributed by atoms with Crippen LogP contribution in [0.4, 0.5) is 0 Å². The zero-order valence-electron chi connectivity index (χ0n) is 12.3. The number of rotatable bonds is 5. The standard InChI is InChI=1S/C16H20ClNO3S/c17-13-5-7-14(8-6-13)22(20,21)16(9-1-2-10-16)15(19)18-11-12-3-4-12/h5-8,12H,1-4,9-11H2,(H,18,19). The highest BCUT2D eigenvalue weighted by molar-refractivity contribution is 7.93. The lowest BCUT2D eigenvalue weighted by Gasteiger charge is -2.27. The van der Waals surface area contributed by atoms with Gasteiger partial charge in [0.05, 0.1) is 4.90 Å². The first-order chi connectivity index (χ1) is 10.5. The van der Waals surface area contributed by atoms with Crippen LogP contribution in [0, 0.1) is 5.92 Å². The van der Waals surface area contributed by atoms with Crippen molar-refractivity contribution in [3.63, 3.8) is 0 Å². The second-order valence-corrected chi connectivity index (χ2v) is 9.01. The summed E-state index contributed by atoms with van der Waals surface area (Å²) in [5, 5.41) is 3.35. The van der Waals surface area contributed by atoms with E-state index in [0.29, 0.717) is 30.3 Å². The predicted molar refractivity (Wildman–Crippen MR) is 85.6 cm³/mol. The summed E-state index contributed by atoms with van der Waals surface area (Å²) >= 11 is 5.84. The van der Waals surface area contributed by atoms with Gasteiger partial charge in [-0.2, -0.15) is 0 Å². The molecule has 1 aromatic carbocycles. The van der Waals surface area contributed by atoms with E-state index < -0.39 is 14.6 Å². The third kappa shape index (κ3) is 2.76. The molecule has 0 spiro atoms. The minimum atomic E-state index is -3.71. The highest BCUT2D eigenvalue weighted by Crippen LogP contribution is 2.41. The molecule has 1 aromatic rings. The summed E-state index contributed by atoms with van der Waals surface area (Å²) in [6.07, 6.45) is 4.57. The maximum absolute atomic E-state index is 13.1. The van der Waals surface area contributed by atoms with Crippen LogP contribution in [0.1, 0.15) is 38.5 Å². The summed E-state index contributed by atoms with van der Waals surface area (Å²) in [5.74, 6) is 0.201. The van der Waals surface area contributed by atoms with Crippen LogP contribution < -0.4 is 5.32 Å². The van der Waals surface area contributed by atoms with Crippen molar-refractivity contribution >= 4 is 27.3 Å². The molecule has 0 saturated heterocycles. The van der Waals surface area contributed by atoms with Crippen molar-refractivity contribution in [3.8, 4) is 0 Å². The topological polar surface area (TPSA) is 63.2 Å². The summed E-state index contributed by atoms with van der Waals surface area (Å²) in [6, 6.07) is 6.09. The van der Waals surface area contributed by atoms with Crippen LogP contribution in [0.2, 0.25) is 5.02 Å². The Hall–Kier alpha value is -1.07. The molecule has 1 N–H and O–H groups in total. The average Bonchev–Trinajstić information content (AvgIpc) is 3.18. The molecule has 6 heteroatoms. The Labute approximate surface area is 136 Å². The molecule has 2 saturated carbocycles. The van der Waals surface area contributed by atoms with Gasteiger partial charge in [0.15, 0.2) is 14.6 Å². The Bertz CT molecular complexity index is 659. The zero-order valence-corrected chi connectivity index (χ0v) is 13.9. The van der Waals surface area contributed by atoms with Gasteiger partial charge in [-0.25, -0.2) is 8.42 Å². The lowest BCUT2D eigenvalue weighted by molar-refractivity contribution is -0.123. The van der Waals surface area contributed by atoms with E-state index in [2.05, 4.69) is 5.32 Å². The van der Waals surface area contributed by atoms with E-state index in [-0.39, 0.29) is 10.8 Å². The maximum atomic E-state index is 13.1. The van der Waals surface area contributed by atoms with Gasteiger partial charge in [0.2, 0.25) is 5.91 Å². The second-order valence-electron chi connectivity index (χ2n) is 6.31. The minimum Gasteiger partial charge on any atom is -0.354 e. The second kappa shape index (κ2) is 5.85. The first kappa shape index (κ1) is 15.8. The molecular weight excluding hydrogens is 322 g/mol. The quantitative estimate of drug-likeness (QED) is 0.895. The molecule has 3 rings (SSSR count). The Balaban J connectivity index is 1.91. The fourth-order valence-electron chi connectivity index (χ4n) is 3.12. The predicted octanol–water partition coefficient (Wildman–Crippen LogP) is 2.95. The number of halogens is 1. The van der Waals surface area contributed by atoms with Crippen molar-refractivity contribution in [1.82, 2.24) is 5.32 Å². The smallest absolute Gasteiger partial charge is 0.241 e. The minimum absolute atomic E-state index is 0.181. The first-order valence-electron chi connectivity index (χ1n) is 7.74. The Morgan fingerprint density at radius 2 is 1.77 bits per heavy atom. The van der Waals surface area contributed by atoms with Gasteiger partial charge in [-0.1, -0.05) is 24.4 Å². The molecule has 0 aliphatic heterocycles. The Morgan fingerprint density at radius 3 is 2.32 bits per heavy atom. The van der Waals surface area contributed by atoms with Gasteiger partial charge >= 0.3 is 0 Å². The van der Waals surface area contributed by atoms with Crippen LogP contribution in [0.3, 0.4) is 0 Å². The fraction of sp³-hybridized carbons (Fsp3) is 0.562. The van der Waals surface area contributed by atoms with Gasteiger partial charge in [-0.3, -0.25) is 4.79 Å². The van der Waals surface area contributed by atoms with Crippen LogP contribution >= 0.6 is 11.6 Å².